The number of nitrogens with zero attached hydrogens (tertiary/aromatic N) is 1. The minimum atomic E-state index is -1.09. The van der Waals surface area contributed by atoms with Crippen LogP contribution in [-0.4, -0.2) is 35.9 Å². The van der Waals surface area contributed by atoms with Crippen molar-refractivity contribution in [3.05, 3.63) is 83.4 Å². The molecule has 0 aliphatic carbocycles. The number of ketones is 1. The zero-order chi connectivity index (χ0) is 19.7. The van der Waals surface area contributed by atoms with Crippen molar-refractivity contribution in [2.45, 2.75) is 25.4 Å². The largest absolute Gasteiger partial charge is 0.380 e. The van der Waals surface area contributed by atoms with Gasteiger partial charge < -0.3 is 10.0 Å². The van der Waals surface area contributed by atoms with E-state index in [-0.39, 0.29) is 11.7 Å². The van der Waals surface area contributed by atoms with E-state index >= 15 is 0 Å². The predicted octanol–water partition coefficient (Wildman–Crippen LogP) is 4.62. The number of rotatable bonds is 4. The van der Waals surface area contributed by atoms with Gasteiger partial charge in [-0.3, -0.25) is 4.79 Å². The van der Waals surface area contributed by atoms with Crippen LogP contribution in [-0.2, 0) is 5.60 Å². The molecule has 0 bridgehead atoms. The SMILES string of the molecule is CC(=O)c1ccc(C(O)(c2cccc3ccccc23)C2CCN(C)CC2)cc1. The van der Waals surface area contributed by atoms with Gasteiger partial charge in [-0.2, -0.15) is 0 Å². The van der Waals surface area contributed by atoms with Crippen LogP contribution in [0.15, 0.2) is 66.7 Å². The zero-order valence-corrected chi connectivity index (χ0v) is 16.6. The summed E-state index contributed by atoms with van der Waals surface area (Å²) in [7, 11) is 2.13. The van der Waals surface area contributed by atoms with E-state index in [9.17, 15) is 9.90 Å². The summed E-state index contributed by atoms with van der Waals surface area (Å²) in [6.45, 7) is 3.52. The van der Waals surface area contributed by atoms with Crippen molar-refractivity contribution in [3.63, 3.8) is 0 Å². The summed E-state index contributed by atoms with van der Waals surface area (Å²) in [4.78, 5) is 14.0. The van der Waals surface area contributed by atoms with Crippen LogP contribution in [0.5, 0.6) is 0 Å². The van der Waals surface area contributed by atoms with E-state index in [1.165, 1.54) is 0 Å². The van der Waals surface area contributed by atoms with E-state index in [1.54, 1.807) is 6.92 Å². The molecule has 3 heteroatoms. The Hall–Kier alpha value is -2.49. The number of aliphatic hydroxyl groups is 1. The molecule has 0 saturated carbocycles. The van der Waals surface area contributed by atoms with Gasteiger partial charge in [0.15, 0.2) is 5.78 Å². The first-order chi connectivity index (χ1) is 13.5. The molecule has 1 fully saturated rings. The van der Waals surface area contributed by atoms with Crippen LogP contribution in [0, 0.1) is 5.92 Å². The highest BCUT2D eigenvalue weighted by molar-refractivity contribution is 5.94. The summed E-state index contributed by atoms with van der Waals surface area (Å²) >= 11 is 0. The van der Waals surface area contributed by atoms with Gasteiger partial charge in [-0.25, -0.2) is 0 Å². The third-order valence-corrected chi connectivity index (χ3v) is 6.24. The summed E-state index contributed by atoms with van der Waals surface area (Å²) in [6.07, 6.45) is 1.87. The minimum Gasteiger partial charge on any atom is -0.380 e. The van der Waals surface area contributed by atoms with E-state index in [4.69, 9.17) is 0 Å². The van der Waals surface area contributed by atoms with Gasteiger partial charge in [0.25, 0.3) is 0 Å². The van der Waals surface area contributed by atoms with Crippen molar-refractivity contribution >= 4 is 16.6 Å². The fourth-order valence-electron chi connectivity index (χ4n) is 4.55. The lowest BCUT2D eigenvalue weighted by atomic mass is 9.71. The molecule has 0 spiro atoms. The van der Waals surface area contributed by atoms with E-state index < -0.39 is 5.60 Å². The van der Waals surface area contributed by atoms with E-state index in [0.717, 1.165) is 47.8 Å². The van der Waals surface area contributed by atoms with Crippen LogP contribution < -0.4 is 0 Å². The van der Waals surface area contributed by atoms with E-state index in [0.29, 0.717) is 5.56 Å². The van der Waals surface area contributed by atoms with Gasteiger partial charge in [0.2, 0.25) is 0 Å². The third-order valence-electron chi connectivity index (χ3n) is 6.24. The van der Waals surface area contributed by atoms with Gasteiger partial charge in [0.05, 0.1) is 0 Å². The van der Waals surface area contributed by atoms with Crippen LogP contribution in [0.25, 0.3) is 10.8 Å². The Balaban J connectivity index is 1.89. The topological polar surface area (TPSA) is 40.5 Å². The van der Waals surface area contributed by atoms with Crippen molar-refractivity contribution < 1.29 is 9.90 Å². The highest BCUT2D eigenvalue weighted by Crippen LogP contribution is 2.44. The fourth-order valence-corrected chi connectivity index (χ4v) is 4.55. The van der Waals surface area contributed by atoms with Gasteiger partial charge in [0.1, 0.15) is 5.60 Å². The molecule has 0 amide bonds. The fraction of sp³-hybridized carbons (Fsp3) is 0.320. The zero-order valence-electron chi connectivity index (χ0n) is 16.6. The van der Waals surface area contributed by atoms with Crippen molar-refractivity contribution in [1.82, 2.24) is 4.90 Å². The lowest BCUT2D eigenvalue weighted by molar-refractivity contribution is -0.00972. The lowest BCUT2D eigenvalue weighted by Crippen LogP contribution is -2.43. The predicted molar refractivity (Wildman–Crippen MR) is 114 cm³/mol. The first kappa shape index (κ1) is 18.9. The van der Waals surface area contributed by atoms with Crippen molar-refractivity contribution in [2.24, 2.45) is 5.92 Å². The number of piperidine rings is 1. The van der Waals surface area contributed by atoms with E-state index in [2.05, 4.69) is 36.2 Å². The first-order valence-electron chi connectivity index (χ1n) is 10.0. The van der Waals surface area contributed by atoms with Gasteiger partial charge in [0, 0.05) is 5.56 Å². The first-order valence-corrected chi connectivity index (χ1v) is 10.0. The number of fused-ring (bicyclic) bond motifs is 1. The molecule has 3 aromatic carbocycles. The monoisotopic (exact) mass is 373 g/mol. The summed E-state index contributed by atoms with van der Waals surface area (Å²) in [5.41, 5.74) is 1.41. The molecule has 0 aromatic heterocycles. The minimum absolute atomic E-state index is 0.0412. The number of likely N-dealkylation sites (tertiary alicyclic amines) is 1. The average Bonchev–Trinajstić information content (AvgIpc) is 2.73. The highest BCUT2D eigenvalue weighted by atomic mass is 16.3. The summed E-state index contributed by atoms with van der Waals surface area (Å²) in [6, 6.07) is 21.9. The van der Waals surface area contributed by atoms with Crippen LogP contribution in [0.3, 0.4) is 0 Å². The molecule has 0 radical (unpaired) electrons. The van der Waals surface area contributed by atoms with E-state index in [1.807, 2.05) is 42.5 Å². The second-order valence-electron chi connectivity index (χ2n) is 8.00. The maximum atomic E-state index is 12.3. The summed E-state index contributed by atoms with van der Waals surface area (Å²) in [5, 5.41) is 14.5. The molecule has 144 valence electrons. The molecular formula is C25H27NO2. The van der Waals surface area contributed by atoms with Crippen LogP contribution >= 0.6 is 0 Å². The normalized spacial score (nSPS) is 18.1. The molecule has 1 saturated heterocycles. The second kappa shape index (κ2) is 7.50. The molecular weight excluding hydrogens is 346 g/mol. The molecule has 1 unspecified atom stereocenters. The number of hydrogen-bond donors (Lipinski definition) is 1. The molecule has 28 heavy (non-hydrogen) atoms. The molecule has 1 atom stereocenters. The average molecular weight is 373 g/mol. The highest BCUT2D eigenvalue weighted by Gasteiger charge is 2.42. The van der Waals surface area contributed by atoms with Crippen LogP contribution in [0.4, 0.5) is 0 Å². The molecule has 4 rings (SSSR count). The van der Waals surface area contributed by atoms with Crippen molar-refractivity contribution in [1.29, 1.82) is 0 Å². The van der Waals surface area contributed by atoms with Crippen molar-refractivity contribution in [3.8, 4) is 0 Å². The Labute approximate surface area is 166 Å². The second-order valence-corrected chi connectivity index (χ2v) is 8.00. The van der Waals surface area contributed by atoms with Crippen LogP contribution in [0.1, 0.15) is 41.3 Å². The quantitative estimate of drug-likeness (QED) is 0.679. The Kier molecular flexibility index (Phi) is 5.05. The Bertz CT molecular complexity index is 982. The molecule has 1 heterocycles. The Morgan fingerprint density at radius 1 is 0.964 bits per heavy atom. The molecule has 1 N–H and O–H groups in total. The van der Waals surface area contributed by atoms with Gasteiger partial charge in [-0.05, 0) is 67.7 Å². The molecule has 3 nitrogen and oxygen atoms in total. The smallest absolute Gasteiger partial charge is 0.159 e. The van der Waals surface area contributed by atoms with Gasteiger partial charge >= 0.3 is 0 Å². The Morgan fingerprint density at radius 3 is 2.29 bits per heavy atom. The third kappa shape index (κ3) is 3.25. The number of Topliss-reactive ketones (excluding diaryl/α,β-unsaturated/α-hetero) is 1. The number of carbonyl (C=O) groups excluding carboxylic acids is 1. The van der Waals surface area contributed by atoms with Crippen molar-refractivity contribution in [2.75, 3.05) is 20.1 Å². The standard InChI is InChI=1S/C25H27NO2/c1-18(27)19-10-12-21(13-11-19)25(28,22-14-16-26(2)17-15-22)24-9-5-7-20-6-3-4-8-23(20)24/h3-13,22,28H,14-17H2,1-2H3. The molecule has 3 aromatic rings. The number of carbonyl (C=O) groups is 1. The lowest BCUT2D eigenvalue weighted by Gasteiger charge is -2.42. The number of benzene rings is 3. The Morgan fingerprint density at radius 2 is 1.61 bits per heavy atom. The maximum absolute atomic E-state index is 12.3. The van der Waals surface area contributed by atoms with Crippen LogP contribution in [0.2, 0.25) is 0 Å². The van der Waals surface area contributed by atoms with Gasteiger partial charge in [-0.15, -0.1) is 0 Å². The summed E-state index contributed by atoms with van der Waals surface area (Å²) < 4.78 is 0. The molecule has 1 aliphatic heterocycles. The maximum Gasteiger partial charge on any atom is 0.159 e. The summed E-state index contributed by atoms with van der Waals surface area (Å²) in [5.74, 6) is 0.164. The molecule has 1 aliphatic rings. The number of hydrogen-bond acceptors (Lipinski definition) is 3. The van der Waals surface area contributed by atoms with Gasteiger partial charge in [-0.1, -0.05) is 66.7 Å².